The lowest BCUT2D eigenvalue weighted by atomic mass is 9.98. The summed E-state index contributed by atoms with van der Waals surface area (Å²) < 4.78 is 17.3. The number of carbonyl (C=O) groups is 1. The second-order valence-corrected chi connectivity index (χ2v) is 13.7. The van der Waals surface area contributed by atoms with Crippen LogP contribution in [0.5, 0.6) is 11.5 Å². The fourth-order valence-electron chi connectivity index (χ4n) is 2.80. The Balaban J connectivity index is 2.91. The van der Waals surface area contributed by atoms with E-state index in [0.717, 1.165) is 36.2 Å². The van der Waals surface area contributed by atoms with E-state index in [4.69, 9.17) is 13.9 Å². The molecule has 0 N–H and O–H groups in total. The Morgan fingerprint density at radius 2 is 1.75 bits per heavy atom. The van der Waals surface area contributed by atoms with Gasteiger partial charge in [0.25, 0.3) is 0 Å². The highest BCUT2D eigenvalue weighted by molar-refractivity contribution is 6.74. The molecule has 158 valence electrons. The van der Waals surface area contributed by atoms with Crippen molar-refractivity contribution in [3.63, 3.8) is 0 Å². The van der Waals surface area contributed by atoms with Crippen LogP contribution in [0.25, 0.3) is 0 Å². The molecule has 0 saturated heterocycles. The monoisotopic (exact) mass is 406 g/mol. The lowest BCUT2D eigenvalue weighted by Gasteiger charge is -2.40. The van der Waals surface area contributed by atoms with Crippen LogP contribution in [0.4, 0.5) is 0 Å². The van der Waals surface area contributed by atoms with Crippen LogP contribution >= 0.6 is 0 Å². The summed E-state index contributed by atoms with van der Waals surface area (Å²) in [4.78, 5) is 11.5. The van der Waals surface area contributed by atoms with Gasteiger partial charge in [0, 0.05) is 5.92 Å². The molecule has 0 heterocycles. The number of carbonyl (C=O) groups excluding carboxylic acids is 1. The van der Waals surface area contributed by atoms with E-state index in [-0.39, 0.29) is 17.1 Å². The predicted octanol–water partition coefficient (Wildman–Crippen LogP) is 5.81. The zero-order valence-corrected chi connectivity index (χ0v) is 20.1. The Labute approximate surface area is 172 Å². The number of hydrogen-bond acceptors (Lipinski definition) is 4. The van der Waals surface area contributed by atoms with Gasteiger partial charge in [0.1, 0.15) is 6.29 Å². The predicted molar refractivity (Wildman–Crippen MR) is 119 cm³/mol. The number of aryl methyl sites for hydroxylation is 1. The zero-order chi connectivity index (χ0) is 21.5. The first-order valence-corrected chi connectivity index (χ1v) is 12.9. The van der Waals surface area contributed by atoms with Gasteiger partial charge in [0.15, 0.2) is 19.8 Å². The third-order valence-electron chi connectivity index (χ3n) is 5.72. The number of rotatable bonds is 10. The molecular formula is C23H38O4Si. The maximum atomic E-state index is 11.5. The van der Waals surface area contributed by atoms with Gasteiger partial charge in [-0.3, -0.25) is 0 Å². The van der Waals surface area contributed by atoms with Gasteiger partial charge < -0.3 is 18.7 Å². The molecule has 0 bridgehead atoms. The summed E-state index contributed by atoms with van der Waals surface area (Å²) in [7, 11) is 1.32. The first-order valence-electron chi connectivity index (χ1n) is 9.97. The lowest BCUT2D eigenvalue weighted by molar-refractivity contribution is -0.112. The van der Waals surface area contributed by atoms with Gasteiger partial charge in [0.2, 0.25) is 0 Å². The maximum absolute atomic E-state index is 11.5. The molecule has 5 heteroatoms. The average Bonchev–Trinajstić information content (AvgIpc) is 2.64. The third-order valence-corrected chi connectivity index (χ3v) is 10.2. The summed E-state index contributed by atoms with van der Waals surface area (Å²) in [5, 5.41) is 0.105. The van der Waals surface area contributed by atoms with Crippen LogP contribution < -0.4 is 9.47 Å². The number of ether oxygens (including phenoxy) is 2. The topological polar surface area (TPSA) is 44.8 Å². The molecule has 0 amide bonds. The van der Waals surface area contributed by atoms with E-state index in [1.165, 1.54) is 5.56 Å². The van der Waals surface area contributed by atoms with Gasteiger partial charge in [-0.2, -0.15) is 0 Å². The van der Waals surface area contributed by atoms with E-state index in [1.807, 2.05) is 19.1 Å². The largest absolute Gasteiger partial charge is 0.493 e. The first kappa shape index (κ1) is 24.4. The molecule has 0 radical (unpaired) electrons. The molecule has 0 fully saturated rings. The molecule has 0 aliphatic heterocycles. The van der Waals surface area contributed by atoms with Crippen LogP contribution in [-0.2, 0) is 15.6 Å². The van der Waals surface area contributed by atoms with Crippen molar-refractivity contribution in [2.75, 3.05) is 14.2 Å². The zero-order valence-electron chi connectivity index (χ0n) is 19.1. The molecule has 0 aliphatic carbocycles. The summed E-state index contributed by atoms with van der Waals surface area (Å²) in [6, 6.07) is 6.00. The molecule has 0 saturated carbocycles. The highest BCUT2D eigenvalue weighted by Gasteiger charge is 2.40. The third kappa shape index (κ3) is 6.49. The van der Waals surface area contributed by atoms with Crippen molar-refractivity contribution in [1.29, 1.82) is 0 Å². The minimum Gasteiger partial charge on any atom is -0.493 e. The minimum atomic E-state index is -1.97. The molecule has 0 unspecified atom stereocenters. The van der Waals surface area contributed by atoms with Crippen LogP contribution in [-0.4, -0.2) is 34.9 Å². The van der Waals surface area contributed by atoms with E-state index in [2.05, 4.69) is 52.9 Å². The van der Waals surface area contributed by atoms with E-state index in [0.29, 0.717) is 0 Å². The fourth-order valence-corrected chi connectivity index (χ4v) is 4.19. The van der Waals surface area contributed by atoms with Crippen molar-refractivity contribution in [3.05, 3.63) is 35.4 Å². The Kier molecular flexibility index (Phi) is 8.96. The highest BCUT2D eigenvalue weighted by atomic mass is 28.4. The molecule has 0 aliphatic rings. The number of allylic oxidation sites excluding steroid dienone is 1. The first-order chi connectivity index (χ1) is 13.0. The van der Waals surface area contributed by atoms with Crippen LogP contribution in [0.1, 0.15) is 46.6 Å². The molecule has 0 spiro atoms. The number of methoxy groups -OCH3 is 2. The average molecular weight is 407 g/mol. The van der Waals surface area contributed by atoms with Crippen molar-refractivity contribution in [2.24, 2.45) is 5.92 Å². The summed E-state index contributed by atoms with van der Waals surface area (Å²) in [5.41, 5.74) is 2.32. The Morgan fingerprint density at radius 1 is 1.14 bits per heavy atom. The summed E-state index contributed by atoms with van der Waals surface area (Å²) in [5.74, 6) is 1.32. The van der Waals surface area contributed by atoms with Crippen molar-refractivity contribution < 1.29 is 18.7 Å². The fraction of sp³-hybridized carbons (Fsp3) is 0.609. The van der Waals surface area contributed by atoms with E-state index >= 15 is 0 Å². The van der Waals surface area contributed by atoms with Gasteiger partial charge in [-0.15, -0.1) is 0 Å². The van der Waals surface area contributed by atoms with Gasteiger partial charge in [-0.1, -0.05) is 39.8 Å². The van der Waals surface area contributed by atoms with Crippen molar-refractivity contribution in [1.82, 2.24) is 0 Å². The highest BCUT2D eigenvalue weighted by Crippen LogP contribution is 2.39. The molecule has 2 atom stereocenters. The van der Waals surface area contributed by atoms with Gasteiger partial charge >= 0.3 is 0 Å². The molecule has 4 nitrogen and oxygen atoms in total. The van der Waals surface area contributed by atoms with Crippen molar-refractivity contribution in [2.45, 2.75) is 71.7 Å². The van der Waals surface area contributed by atoms with Gasteiger partial charge in [0.05, 0.1) is 20.3 Å². The Morgan fingerprint density at radius 3 is 2.25 bits per heavy atom. The molecule has 1 aromatic rings. The SMILES string of the molecule is COc1ccc(CC/C=C(\C)[C@H](O[Si](C)(C)C(C)(C)C)[C@H](C)C=O)cc1OC. The molecule has 0 aromatic heterocycles. The Bertz CT molecular complexity index is 674. The maximum Gasteiger partial charge on any atom is 0.192 e. The quantitative estimate of drug-likeness (QED) is 0.279. The second-order valence-electron chi connectivity index (χ2n) is 8.97. The lowest BCUT2D eigenvalue weighted by Crippen LogP contribution is -2.46. The molecule has 28 heavy (non-hydrogen) atoms. The van der Waals surface area contributed by atoms with Crippen LogP contribution in [0.2, 0.25) is 18.1 Å². The van der Waals surface area contributed by atoms with E-state index in [1.54, 1.807) is 14.2 Å². The number of benzene rings is 1. The molecule has 1 aromatic carbocycles. The van der Waals surface area contributed by atoms with Crippen LogP contribution in [0.15, 0.2) is 29.8 Å². The summed E-state index contributed by atoms with van der Waals surface area (Å²) in [6.45, 7) is 15.1. The van der Waals surface area contributed by atoms with E-state index in [9.17, 15) is 4.79 Å². The summed E-state index contributed by atoms with van der Waals surface area (Å²) >= 11 is 0. The number of hydrogen-bond donors (Lipinski definition) is 0. The van der Waals surface area contributed by atoms with Gasteiger partial charge in [-0.25, -0.2) is 0 Å². The van der Waals surface area contributed by atoms with Crippen LogP contribution in [0.3, 0.4) is 0 Å². The van der Waals surface area contributed by atoms with Crippen molar-refractivity contribution >= 4 is 14.6 Å². The van der Waals surface area contributed by atoms with E-state index < -0.39 is 8.32 Å². The summed E-state index contributed by atoms with van der Waals surface area (Å²) in [6.07, 6.45) is 4.81. The molecular weight excluding hydrogens is 368 g/mol. The number of aldehydes is 1. The smallest absolute Gasteiger partial charge is 0.192 e. The Hall–Kier alpha value is -1.59. The minimum absolute atomic E-state index is 0.105. The van der Waals surface area contributed by atoms with Crippen LogP contribution in [0, 0.1) is 5.92 Å². The second kappa shape index (κ2) is 10.3. The van der Waals surface area contributed by atoms with Gasteiger partial charge in [-0.05, 0) is 61.2 Å². The standard InChI is InChI=1S/C23H38O4Si/c1-17(22(18(2)16-24)27-28(8,9)23(3,4)5)11-10-12-19-13-14-20(25-6)21(15-19)26-7/h11,13-16,18,22H,10,12H2,1-9H3/b17-11+/t18-,22+/m1/s1. The normalized spacial score (nSPS) is 15.1. The van der Waals surface area contributed by atoms with Crippen molar-refractivity contribution in [3.8, 4) is 11.5 Å². The molecule has 1 rings (SSSR count).